The van der Waals surface area contributed by atoms with E-state index in [1.807, 2.05) is 35.0 Å². The van der Waals surface area contributed by atoms with Crippen LogP contribution in [-0.4, -0.2) is 10.6 Å². The zero-order chi connectivity index (χ0) is 18.5. The average molecular weight is 355 g/mol. The van der Waals surface area contributed by atoms with Crippen molar-refractivity contribution in [2.45, 2.75) is 20.0 Å². The maximum atomic E-state index is 13.6. The molecule has 0 aliphatic rings. The highest BCUT2D eigenvalue weighted by molar-refractivity contribution is 5.89. The van der Waals surface area contributed by atoms with Gasteiger partial charge in [0.2, 0.25) is 0 Å². The molecule has 2 N–H and O–H groups in total. The standard InChI is InChI=1S/C20H19F2N3O/c1-14-5-2-3-6-15(14)13-25-10-4-7-17(25)12-23-20(26)24-19-9-8-16(21)11-18(19)22/h2-11H,12-13H2,1H3,(H2,23,24,26). The molecule has 0 fully saturated rings. The molecule has 2 aromatic carbocycles. The lowest BCUT2D eigenvalue weighted by Crippen LogP contribution is -2.29. The molecule has 0 saturated carbocycles. The van der Waals surface area contributed by atoms with Crippen molar-refractivity contribution < 1.29 is 13.6 Å². The van der Waals surface area contributed by atoms with Gasteiger partial charge in [0.15, 0.2) is 0 Å². The number of amides is 2. The number of nitrogens with zero attached hydrogens (tertiary/aromatic N) is 1. The third kappa shape index (κ3) is 4.27. The Morgan fingerprint density at radius 1 is 1.08 bits per heavy atom. The minimum atomic E-state index is -0.817. The number of halogens is 2. The average Bonchev–Trinajstić information content (AvgIpc) is 3.05. The lowest BCUT2D eigenvalue weighted by molar-refractivity contribution is 0.251. The number of carbonyl (C=O) groups is 1. The molecule has 26 heavy (non-hydrogen) atoms. The first kappa shape index (κ1) is 17.7. The minimum absolute atomic E-state index is 0.0702. The molecule has 4 nitrogen and oxygen atoms in total. The first-order valence-corrected chi connectivity index (χ1v) is 8.21. The van der Waals surface area contributed by atoms with Gasteiger partial charge in [-0.05, 0) is 42.3 Å². The zero-order valence-corrected chi connectivity index (χ0v) is 14.3. The quantitative estimate of drug-likeness (QED) is 0.698. The van der Waals surface area contributed by atoms with Gasteiger partial charge in [-0.25, -0.2) is 13.6 Å². The van der Waals surface area contributed by atoms with Crippen LogP contribution >= 0.6 is 0 Å². The predicted octanol–water partition coefficient (Wildman–Crippen LogP) is 4.44. The van der Waals surface area contributed by atoms with Crippen molar-refractivity contribution in [1.29, 1.82) is 0 Å². The minimum Gasteiger partial charge on any atom is -0.345 e. The maximum Gasteiger partial charge on any atom is 0.319 e. The lowest BCUT2D eigenvalue weighted by atomic mass is 10.1. The molecule has 1 aromatic heterocycles. The smallest absolute Gasteiger partial charge is 0.319 e. The van der Waals surface area contributed by atoms with Gasteiger partial charge >= 0.3 is 6.03 Å². The predicted molar refractivity (Wildman–Crippen MR) is 96.9 cm³/mol. The topological polar surface area (TPSA) is 46.1 Å². The summed E-state index contributed by atoms with van der Waals surface area (Å²) in [5, 5.41) is 5.06. The van der Waals surface area contributed by atoms with Gasteiger partial charge in [0.1, 0.15) is 11.6 Å². The normalized spacial score (nSPS) is 10.6. The molecular weight excluding hydrogens is 336 g/mol. The third-order valence-electron chi connectivity index (χ3n) is 4.13. The van der Waals surface area contributed by atoms with E-state index in [0.29, 0.717) is 6.54 Å². The molecule has 0 spiro atoms. The number of hydrogen-bond acceptors (Lipinski definition) is 1. The highest BCUT2D eigenvalue weighted by Crippen LogP contribution is 2.15. The van der Waals surface area contributed by atoms with Crippen molar-refractivity contribution in [3.05, 3.63) is 89.2 Å². The van der Waals surface area contributed by atoms with Gasteiger partial charge in [-0.1, -0.05) is 24.3 Å². The number of carbonyl (C=O) groups excluding carboxylic acids is 1. The van der Waals surface area contributed by atoms with Crippen LogP contribution in [0.5, 0.6) is 0 Å². The molecule has 0 atom stereocenters. The molecule has 3 aromatic rings. The molecule has 1 heterocycles. The number of anilines is 1. The van der Waals surface area contributed by atoms with Crippen molar-refractivity contribution >= 4 is 11.7 Å². The van der Waals surface area contributed by atoms with Crippen LogP contribution in [0, 0.1) is 18.6 Å². The molecule has 6 heteroatoms. The second-order valence-electron chi connectivity index (χ2n) is 5.99. The maximum absolute atomic E-state index is 13.6. The highest BCUT2D eigenvalue weighted by Gasteiger charge is 2.09. The second-order valence-corrected chi connectivity index (χ2v) is 5.99. The Morgan fingerprint density at radius 3 is 2.65 bits per heavy atom. The van der Waals surface area contributed by atoms with E-state index in [1.165, 1.54) is 17.2 Å². The monoisotopic (exact) mass is 355 g/mol. The summed E-state index contributed by atoms with van der Waals surface area (Å²) in [4.78, 5) is 12.0. The van der Waals surface area contributed by atoms with Crippen LogP contribution in [0.15, 0.2) is 60.8 Å². The van der Waals surface area contributed by atoms with E-state index >= 15 is 0 Å². The summed E-state index contributed by atoms with van der Waals surface area (Å²) in [5.74, 6) is -1.51. The first-order valence-electron chi connectivity index (χ1n) is 8.21. The summed E-state index contributed by atoms with van der Waals surface area (Å²) < 4.78 is 28.5. The van der Waals surface area contributed by atoms with Crippen LogP contribution in [0.2, 0.25) is 0 Å². The van der Waals surface area contributed by atoms with Gasteiger partial charge in [-0.3, -0.25) is 0 Å². The SMILES string of the molecule is Cc1ccccc1Cn1cccc1CNC(=O)Nc1ccc(F)cc1F. The number of benzene rings is 2. The Morgan fingerprint density at radius 2 is 1.88 bits per heavy atom. The Kier molecular flexibility index (Phi) is 5.31. The van der Waals surface area contributed by atoms with E-state index in [0.717, 1.165) is 17.8 Å². The number of aryl methyl sites for hydroxylation is 1. The molecule has 0 unspecified atom stereocenters. The van der Waals surface area contributed by atoms with Gasteiger partial charge in [0, 0.05) is 24.5 Å². The van der Waals surface area contributed by atoms with Crippen molar-refractivity contribution in [3.8, 4) is 0 Å². The van der Waals surface area contributed by atoms with Crippen LogP contribution in [0.4, 0.5) is 19.3 Å². The molecule has 134 valence electrons. The number of rotatable bonds is 5. The zero-order valence-electron chi connectivity index (χ0n) is 14.3. The van der Waals surface area contributed by atoms with E-state index in [4.69, 9.17) is 0 Å². The fourth-order valence-corrected chi connectivity index (χ4v) is 2.66. The van der Waals surface area contributed by atoms with Gasteiger partial charge < -0.3 is 15.2 Å². The summed E-state index contributed by atoms with van der Waals surface area (Å²) in [6.45, 7) is 3.04. The summed E-state index contributed by atoms with van der Waals surface area (Å²) in [6, 6.07) is 14.4. The van der Waals surface area contributed by atoms with Crippen molar-refractivity contribution in [2.24, 2.45) is 0 Å². The molecule has 0 bridgehead atoms. The van der Waals surface area contributed by atoms with Crippen LogP contribution in [0.25, 0.3) is 0 Å². The number of aromatic nitrogens is 1. The lowest BCUT2D eigenvalue weighted by Gasteiger charge is -2.13. The Balaban J connectivity index is 1.61. The molecular formula is C20H19F2N3O. The van der Waals surface area contributed by atoms with Gasteiger partial charge in [-0.15, -0.1) is 0 Å². The van der Waals surface area contributed by atoms with E-state index in [1.54, 1.807) is 0 Å². The Hall–Kier alpha value is -3.15. The fraction of sp³-hybridized carbons (Fsp3) is 0.150. The molecule has 3 rings (SSSR count). The van der Waals surface area contributed by atoms with Gasteiger partial charge in [0.05, 0.1) is 12.2 Å². The Bertz CT molecular complexity index is 921. The Labute approximate surface area is 150 Å². The summed E-state index contributed by atoms with van der Waals surface area (Å²) in [6.07, 6.45) is 1.95. The second kappa shape index (κ2) is 7.82. The van der Waals surface area contributed by atoms with Crippen LogP contribution in [-0.2, 0) is 13.1 Å². The molecule has 0 aliphatic heterocycles. The van der Waals surface area contributed by atoms with Crippen molar-refractivity contribution in [2.75, 3.05) is 5.32 Å². The molecule has 0 aliphatic carbocycles. The van der Waals surface area contributed by atoms with E-state index in [-0.39, 0.29) is 12.2 Å². The first-order chi connectivity index (χ1) is 12.5. The summed E-state index contributed by atoms with van der Waals surface area (Å²) in [5.41, 5.74) is 3.24. The van der Waals surface area contributed by atoms with Gasteiger partial charge in [-0.2, -0.15) is 0 Å². The number of urea groups is 1. The van der Waals surface area contributed by atoms with E-state index in [2.05, 4.69) is 29.7 Å². The van der Waals surface area contributed by atoms with Crippen LogP contribution in [0.3, 0.4) is 0 Å². The number of hydrogen-bond donors (Lipinski definition) is 2. The molecule has 0 radical (unpaired) electrons. The van der Waals surface area contributed by atoms with E-state index < -0.39 is 17.7 Å². The van der Waals surface area contributed by atoms with Crippen molar-refractivity contribution in [1.82, 2.24) is 9.88 Å². The molecule has 0 saturated heterocycles. The summed E-state index contributed by atoms with van der Waals surface area (Å²) in [7, 11) is 0. The fourth-order valence-electron chi connectivity index (χ4n) is 2.66. The number of nitrogens with one attached hydrogen (secondary N) is 2. The van der Waals surface area contributed by atoms with E-state index in [9.17, 15) is 13.6 Å². The third-order valence-corrected chi connectivity index (χ3v) is 4.13. The van der Waals surface area contributed by atoms with Gasteiger partial charge in [0.25, 0.3) is 0 Å². The molecule has 2 amide bonds. The van der Waals surface area contributed by atoms with Crippen LogP contribution in [0.1, 0.15) is 16.8 Å². The summed E-state index contributed by atoms with van der Waals surface area (Å²) >= 11 is 0. The highest BCUT2D eigenvalue weighted by atomic mass is 19.1. The largest absolute Gasteiger partial charge is 0.345 e. The van der Waals surface area contributed by atoms with Crippen LogP contribution < -0.4 is 10.6 Å². The van der Waals surface area contributed by atoms with Crippen molar-refractivity contribution in [3.63, 3.8) is 0 Å².